The Morgan fingerprint density at radius 2 is 1.85 bits per heavy atom. The van der Waals surface area contributed by atoms with Crippen molar-refractivity contribution in [3.8, 4) is 0 Å². The van der Waals surface area contributed by atoms with E-state index in [1.165, 1.54) is 38.5 Å². The highest BCUT2D eigenvalue weighted by atomic mass is 15.2. The summed E-state index contributed by atoms with van der Waals surface area (Å²) in [5.41, 5.74) is 0. The van der Waals surface area contributed by atoms with Crippen LogP contribution in [0, 0.1) is 0 Å². The van der Waals surface area contributed by atoms with Crippen molar-refractivity contribution >= 4 is 11.6 Å². The van der Waals surface area contributed by atoms with Gasteiger partial charge in [0, 0.05) is 32.1 Å². The van der Waals surface area contributed by atoms with Crippen LogP contribution in [0.3, 0.4) is 0 Å². The molecule has 1 N–H and O–H groups in total. The van der Waals surface area contributed by atoms with Crippen LogP contribution in [0.4, 0.5) is 11.6 Å². The average molecular weight is 276 g/mol. The fourth-order valence-electron chi connectivity index (χ4n) is 2.93. The lowest BCUT2D eigenvalue weighted by molar-refractivity contribution is 0.548. The van der Waals surface area contributed by atoms with E-state index >= 15 is 0 Å². The van der Waals surface area contributed by atoms with Crippen molar-refractivity contribution in [2.75, 3.05) is 23.8 Å². The molecule has 0 unspecified atom stereocenters. The Morgan fingerprint density at radius 1 is 1.15 bits per heavy atom. The fourth-order valence-corrected chi connectivity index (χ4v) is 2.93. The van der Waals surface area contributed by atoms with E-state index in [0.717, 1.165) is 30.4 Å². The molecule has 0 saturated heterocycles. The molecule has 2 rings (SSSR count). The third-order valence-corrected chi connectivity index (χ3v) is 4.17. The lowest BCUT2D eigenvalue weighted by Gasteiger charge is -2.28. The summed E-state index contributed by atoms with van der Waals surface area (Å²) in [6, 6.07) is 2.72. The lowest BCUT2D eigenvalue weighted by atomic mass is 10.1. The minimum Gasteiger partial charge on any atom is -0.370 e. The predicted octanol–water partition coefficient (Wildman–Crippen LogP) is 3.63. The Kier molecular flexibility index (Phi) is 5.62. The van der Waals surface area contributed by atoms with Gasteiger partial charge in [-0.2, -0.15) is 0 Å². The summed E-state index contributed by atoms with van der Waals surface area (Å²) in [4.78, 5) is 11.6. The molecule has 112 valence electrons. The zero-order valence-electron chi connectivity index (χ0n) is 13.2. The summed E-state index contributed by atoms with van der Waals surface area (Å²) in [6.07, 6.45) is 8.93. The maximum absolute atomic E-state index is 4.71. The zero-order chi connectivity index (χ0) is 14.4. The summed E-state index contributed by atoms with van der Waals surface area (Å²) in [6.45, 7) is 5.11. The summed E-state index contributed by atoms with van der Waals surface area (Å²) >= 11 is 0. The Morgan fingerprint density at radius 3 is 2.45 bits per heavy atom. The summed E-state index contributed by atoms with van der Waals surface area (Å²) in [5, 5.41) is 3.31. The van der Waals surface area contributed by atoms with Crippen molar-refractivity contribution in [1.29, 1.82) is 0 Å². The third-order valence-electron chi connectivity index (χ3n) is 4.17. The van der Waals surface area contributed by atoms with Crippen LogP contribution >= 0.6 is 0 Å². The van der Waals surface area contributed by atoms with E-state index < -0.39 is 0 Å². The second kappa shape index (κ2) is 7.46. The van der Waals surface area contributed by atoms with Gasteiger partial charge in [-0.3, -0.25) is 0 Å². The third kappa shape index (κ3) is 3.84. The highest BCUT2D eigenvalue weighted by Gasteiger charge is 2.19. The molecule has 0 spiro atoms. The van der Waals surface area contributed by atoms with Gasteiger partial charge in [0.15, 0.2) is 0 Å². The quantitative estimate of drug-likeness (QED) is 0.834. The molecular weight excluding hydrogens is 248 g/mol. The van der Waals surface area contributed by atoms with Gasteiger partial charge in [-0.25, -0.2) is 9.97 Å². The number of aromatic nitrogens is 2. The second-order valence-corrected chi connectivity index (χ2v) is 5.67. The van der Waals surface area contributed by atoms with Gasteiger partial charge >= 0.3 is 0 Å². The smallest absolute Gasteiger partial charge is 0.134 e. The molecule has 1 saturated carbocycles. The average Bonchev–Trinajstić information content (AvgIpc) is 2.75. The first-order chi connectivity index (χ1) is 9.74. The summed E-state index contributed by atoms with van der Waals surface area (Å²) in [7, 11) is 2.19. The lowest BCUT2D eigenvalue weighted by Crippen LogP contribution is -2.32. The number of aryl methyl sites for hydroxylation is 1. The highest BCUT2D eigenvalue weighted by molar-refractivity contribution is 5.49. The topological polar surface area (TPSA) is 41.0 Å². The summed E-state index contributed by atoms with van der Waals surface area (Å²) < 4.78 is 0. The van der Waals surface area contributed by atoms with Crippen LogP contribution < -0.4 is 10.2 Å². The number of nitrogens with zero attached hydrogens (tertiary/aromatic N) is 3. The van der Waals surface area contributed by atoms with Gasteiger partial charge in [-0.05, 0) is 19.8 Å². The Hall–Kier alpha value is -1.32. The van der Waals surface area contributed by atoms with Gasteiger partial charge in [0.05, 0.1) is 0 Å². The summed E-state index contributed by atoms with van der Waals surface area (Å²) in [5.74, 6) is 2.95. The predicted molar refractivity (Wildman–Crippen MR) is 85.5 cm³/mol. The zero-order valence-corrected chi connectivity index (χ0v) is 13.2. The molecule has 4 nitrogen and oxygen atoms in total. The molecular formula is C16H28N4. The minimum atomic E-state index is 0.631. The molecule has 0 bridgehead atoms. The molecule has 1 aliphatic rings. The Balaban J connectivity index is 2.18. The SMILES string of the molecule is CCNc1cc(N(C)C2CCCCCC2)nc(CC)n1. The molecule has 0 radical (unpaired) electrons. The molecule has 4 heteroatoms. The molecule has 20 heavy (non-hydrogen) atoms. The monoisotopic (exact) mass is 276 g/mol. The first kappa shape index (κ1) is 15.1. The van der Waals surface area contributed by atoms with Crippen LogP contribution in [0.2, 0.25) is 0 Å². The number of hydrogen-bond donors (Lipinski definition) is 1. The van der Waals surface area contributed by atoms with Gasteiger partial charge in [0.2, 0.25) is 0 Å². The number of hydrogen-bond acceptors (Lipinski definition) is 4. The van der Waals surface area contributed by atoms with Gasteiger partial charge in [-0.15, -0.1) is 0 Å². The molecule has 1 aliphatic carbocycles. The minimum absolute atomic E-state index is 0.631. The van der Waals surface area contributed by atoms with E-state index in [1.807, 2.05) is 0 Å². The van der Waals surface area contributed by atoms with Crippen LogP contribution in [-0.4, -0.2) is 29.6 Å². The van der Waals surface area contributed by atoms with Crippen molar-refractivity contribution in [3.63, 3.8) is 0 Å². The largest absolute Gasteiger partial charge is 0.370 e. The van der Waals surface area contributed by atoms with E-state index in [9.17, 15) is 0 Å². The van der Waals surface area contributed by atoms with Crippen LogP contribution in [0.25, 0.3) is 0 Å². The molecule has 0 aliphatic heterocycles. The molecule has 0 amide bonds. The van der Waals surface area contributed by atoms with E-state index in [1.54, 1.807) is 0 Å². The van der Waals surface area contributed by atoms with Crippen LogP contribution in [-0.2, 0) is 6.42 Å². The van der Waals surface area contributed by atoms with Crippen molar-refractivity contribution in [3.05, 3.63) is 11.9 Å². The highest BCUT2D eigenvalue weighted by Crippen LogP contribution is 2.25. The van der Waals surface area contributed by atoms with Gasteiger partial charge in [0.1, 0.15) is 17.5 Å². The molecule has 1 fully saturated rings. The van der Waals surface area contributed by atoms with Gasteiger partial charge in [0.25, 0.3) is 0 Å². The van der Waals surface area contributed by atoms with Crippen LogP contribution in [0.5, 0.6) is 0 Å². The number of anilines is 2. The Bertz CT molecular complexity index is 411. The van der Waals surface area contributed by atoms with Crippen molar-refractivity contribution < 1.29 is 0 Å². The van der Waals surface area contributed by atoms with E-state index in [2.05, 4.69) is 42.2 Å². The fraction of sp³-hybridized carbons (Fsp3) is 0.750. The van der Waals surface area contributed by atoms with E-state index in [0.29, 0.717) is 6.04 Å². The normalized spacial score (nSPS) is 16.8. The van der Waals surface area contributed by atoms with Crippen molar-refractivity contribution in [1.82, 2.24) is 9.97 Å². The van der Waals surface area contributed by atoms with E-state index in [4.69, 9.17) is 4.98 Å². The Labute approximate surface area is 123 Å². The van der Waals surface area contributed by atoms with Crippen molar-refractivity contribution in [2.45, 2.75) is 64.8 Å². The molecule has 1 heterocycles. The second-order valence-electron chi connectivity index (χ2n) is 5.67. The molecule has 1 aromatic rings. The van der Waals surface area contributed by atoms with Crippen molar-refractivity contribution in [2.24, 2.45) is 0 Å². The van der Waals surface area contributed by atoms with Gasteiger partial charge < -0.3 is 10.2 Å². The van der Waals surface area contributed by atoms with Crippen LogP contribution in [0.1, 0.15) is 58.2 Å². The standard InChI is InChI=1S/C16H28N4/c1-4-14-18-15(17-5-2)12-16(19-14)20(3)13-10-8-6-7-9-11-13/h12-13H,4-11H2,1-3H3,(H,17,18,19). The maximum atomic E-state index is 4.71. The molecule has 1 aromatic heterocycles. The molecule has 0 atom stereocenters. The first-order valence-electron chi connectivity index (χ1n) is 8.09. The first-order valence-corrected chi connectivity index (χ1v) is 8.09. The molecule has 0 aromatic carbocycles. The maximum Gasteiger partial charge on any atom is 0.134 e. The number of nitrogens with one attached hydrogen (secondary N) is 1. The van der Waals surface area contributed by atoms with Crippen LogP contribution in [0.15, 0.2) is 6.07 Å². The number of rotatable bonds is 5. The van der Waals surface area contributed by atoms with Gasteiger partial charge in [-0.1, -0.05) is 32.6 Å². The van der Waals surface area contributed by atoms with E-state index in [-0.39, 0.29) is 0 Å².